The predicted octanol–water partition coefficient (Wildman–Crippen LogP) is 4.17. The molecule has 0 bridgehead atoms. The van der Waals surface area contributed by atoms with Crippen molar-refractivity contribution in [2.75, 3.05) is 12.5 Å². The summed E-state index contributed by atoms with van der Waals surface area (Å²) in [6.45, 7) is 0.563. The number of hydrogen-bond acceptors (Lipinski definition) is 4. The summed E-state index contributed by atoms with van der Waals surface area (Å²) in [6.07, 6.45) is 0.784. The topological polar surface area (TPSA) is 59.7 Å². The first-order chi connectivity index (χ1) is 11.2. The first kappa shape index (κ1) is 15.4. The highest BCUT2D eigenvalue weighted by Gasteiger charge is 2.10. The van der Waals surface area contributed by atoms with Gasteiger partial charge < -0.3 is 14.3 Å². The van der Waals surface area contributed by atoms with Crippen molar-refractivity contribution in [1.29, 1.82) is 0 Å². The van der Waals surface area contributed by atoms with Gasteiger partial charge in [-0.25, -0.2) is 0 Å². The Kier molecular flexibility index (Phi) is 4.53. The number of rotatable bonds is 5. The molecular weight excluding hydrogens is 316 g/mol. The molecule has 0 fully saturated rings. The second kappa shape index (κ2) is 6.75. The summed E-state index contributed by atoms with van der Waals surface area (Å²) in [6, 6.07) is 13.4. The molecule has 0 unspecified atom stereocenters. The van der Waals surface area contributed by atoms with Crippen molar-refractivity contribution >= 4 is 22.6 Å². The molecule has 1 aromatic heterocycles. The molecule has 2 aromatic carbocycles. The fourth-order valence-corrected chi connectivity index (χ4v) is 2.40. The van der Waals surface area contributed by atoms with Crippen LogP contribution in [0, 0.1) is 0 Å². The van der Waals surface area contributed by atoms with Crippen LogP contribution in [0.1, 0.15) is 6.42 Å². The van der Waals surface area contributed by atoms with Crippen LogP contribution in [0.2, 0.25) is 0 Å². The number of hydrogen-bond donors (Lipinski definition) is 1. The first-order valence-corrected chi connectivity index (χ1v) is 7.77. The zero-order chi connectivity index (χ0) is 16.2. The van der Waals surface area contributed by atoms with E-state index in [1.54, 1.807) is 12.1 Å². The second-order valence-electron chi connectivity index (χ2n) is 5.04. The van der Waals surface area contributed by atoms with Crippen LogP contribution in [-0.2, 0) is 0 Å². The molecule has 118 valence electrons. The number of halogens is 1. The van der Waals surface area contributed by atoms with Crippen LogP contribution >= 0.6 is 11.6 Å². The van der Waals surface area contributed by atoms with E-state index in [0.717, 1.165) is 17.7 Å². The number of ether oxygens (including phenoxy) is 1. The number of alkyl halides is 1. The lowest BCUT2D eigenvalue weighted by atomic mass is 10.1. The zero-order valence-corrected chi connectivity index (χ0v) is 13.0. The standard InChI is InChI=1S/C18H15ClO4/c19-9-2-10-22-13-7-5-12(6-8-13)17-11-15(21)18-14(20)3-1-4-16(18)23-17/h1,3-8,11,20H,2,9-10H2. The summed E-state index contributed by atoms with van der Waals surface area (Å²) in [4.78, 5) is 12.2. The van der Waals surface area contributed by atoms with E-state index in [1.165, 1.54) is 12.1 Å². The van der Waals surface area contributed by atoms with Gasteiger partial charge in [0.15, 0.2) is 5.43 Å². The first-order valence-electron chi connectivity index (χ1n) is 7.24. The molecule has 0 atom stereocenters. The fraction of sp³-hybridized carbons (Fsp3) is 0.167. The van der Waals surface area contributed by atoms with Crippen LogP contribution in [0.15, 0.2) is 57.7 Å². The van der Waals surface area contributed by atoms with Gasteiger partial charge >= 0.3 is 0 Å². The molecule has 0 spiro atoms. The molecule has 1 heterocycles. The molecule has 0 aliphatic carbocycles. The van der Waals surface area contributed by atoms with Crippen LogP contribution in [0.3, 0.4) is 0 Å². The molecule has 0 aliphatic rings. The highest BCUT2D eigenvalue weighted by atomic mass is 35.5. The lowest BCUT2D eigenvalue weighted by Gasteiger charge is -2.07. The predicted molar refractivity (Wildman–Crippen MR) is 90.4 cm³/mol. The maximum Gasteiger partial charge on any atom is 0.197 e. The number of aromatic hydroxyl groups is 1. The van der Waals surface area contributed by atoms with Crippen molar-refractivity contribution in [2.24, 2.45) is 0 Å². The summed E-state index contributed by atoms with van der Waals surface area (Å²) in [5, 5.41) is 9.96. The lowest BCUT2D eigenvalue weighted by molar-refractivity contribution is 0.318. The van der Waals surface area contributed by atoms with Crippen LogP contribution in [-0.4, -0.2) is 17.6 Å². The number of phenols is 1. The second-order valence-corrected chi connectivity index (χ2v) is 5.42. The molecule has 0 amide bonds. The normalized spacial score (nSPS) is 10.8. The van der Waals surface area contributed by atoms with Gasteiger partial charge in [0.1, 0.15) is 28.2 Å². The monoisotopic (exact) mass is 330 g/mol. The van der Waals surface area contributed by atoms with Crippen molar-refractivity contribution in [3.05, 3.63) is 58.8 Å². The Balaban J connectivity index is 1.93. The van der Waals surface area contributed by atoms with Crippen molar-refractivity contribution in [2.45, 2.75) is 6.42 Å². The Hall–Kier alpha value is -2.46. The van der Waals surface area contributed by atoms with Gasteiger partial charge in [0.05, 0.1) is 6.61 Å². The van der Waals surface area contributed by atoms with E-state index >= 15 is 0 Å². The Morgan fingerprint density at radius 3 is 2.65 bits per heavy atom. The van der Waals surface area contributed by atoms with Crippen LogP contribution in [0.4, 0.5) is 0 Å². The lowest BCUT2D eigenvalue weighted by Crippen LogP contribution is -2.00. The van der Waals surface area contributed by atoms with Crippen molar-refractivity contribution in [3.63, 3.8) is 0 Å². The van der Waals surface area contributed by atoms with E-state index < -0.39 is 0 Å². The Morgan fingerprint density at radius 1 is 1.13 bits per heavy atom. The van der Waals surface area contributed by atoms with Crippen LogP contribution < -0.4 is 10.2 Å². The molecule has 1 N–H and O–H groups in total. The molecule has 3 aromatic rings. The highest BCUT2D eigenvalue weighted by Crippen LogP contribution is 2.27. The van der Waals surface area contributed by atoms with Gasteiger partial charge in [0.2, 0.25) is 0 Å². The Bertz CT molecular complexity index is 868. The molecule has 0 saturated heterocycles. The summed E-state index contributed by atoms with van der Waals surface area (Å²) in [5.41, 5.74) is 0.841. The molecular formula is C18H15ClO4. The van der Waals surface area contributed by atoms with Gasteiger partial charge in [-0.2, -0.15) is 0 Å². The van der Waals surface area contributed by atoms with Gasteiger partial charge in [-0.15, -0.1) is 11.6 Å². The molecule has 4 nitrogen and oxygen atoms in total. The van der Waals surface area contributed by atoms with Gasteiger partial charge in [-0.05, 0) is 42.8 Å². The minimum Gasteiger partial charge on any atom is -0.507 e. The van der Waals surface area contributed by atoms with Crippen LogP contribution in [0.25, 0.3) is 22.3 Å². The van der Waals surface area contributed by atoms with Gasteiger partial charge in [0, 0.05) is 17.5 Å². The molecule has 0 aliphatic heterocycles. The Labute approximate surface area is 137 Å². The minimum absolute atomic E-state index is 0.0779. The average Bonchev–Trinajstić information content (AvgIpc) is 2.55. The highest BCUT2D eigenvalue weighted by molar-refractivity contribution is 6.17. The third-order valence-electron chi connectivity index (χ3n) is 3.42. The molecule has 3 rings (SSSR count). The van der Waals surface area contributed by atoms with E-state index in [0.29, 0.717) is 23.8 Å². The third-order valence-corrected chi connectivity index (χ3v) is 3.69. The van der Waals surface area contributed by atoms with E-state index in [2.05, 4.69) is 0 Å². The summed E-state index contributed by atoms with van der Waals surface area (Å²) >= 11 is 5.61. The van der Waals surface area contributed by atoms with Gasteiger partial charge in [-0.3, -0.25) is 4.79 Å². The summed E-state index contributed by atoms with van der Waals surface area (Å²) < 4.78 is 11.3. The van der Waals surface area contributed by atoms with E-state index in [9.17, 15) is 9.90 Å². The maximum absolute atomic E-state index is 12.2. The molecule has 0 saturated carbocycles. The smallest absolute Gasteiger partial charge is 0.197 e. The van der Waals surface area contributed by atoms with Crippen LogP contribution in [0.5, 0.6) is 11.5 Å². The Morgan fingerprint density at radius 2 is 1.91 bits per heavy atom. The number of phenolic OH excluding ortho intramolecular Hbond substituents is 1. The molecule has 23 heavy (non-hydrogen) atoms. The van der Waals surface area contributed by atoms with E-state index in [1.807, 2.05) is 24.3 Å². The summed E-state index contributed by atoms with van der Waals surface area (Å²) in [7, 11) is 0. The van der Waals surface area contributed by atoms with Crippen molar-refractivity contribution < 1.29 is 14.3 Å². The minimum atomic E-state index is -0.276. The average molecular weight is 331 g/mol. The molecule has 0 radical (unpaired) electrons. The largest absolute Gasteiger partial charge is 0.507 e. The maximum atomic E-state index is 12.2. The summed E-state index contributed by atoms with van der Waals surface area (Å²) in [5.74, 6) is 1.67. The number of fused-ring (bicyclic) bond motifs is 1. The van der Waals surface area contributed by atoms with E-state index in [-0.39, 0.29) is 16.6 Å². The third kappa shape index (κ3) is 3.32. The van der Waals surface area contributed by atoms with Crippen molar-refractivity contribution in [3.8, 4) is 22.8 Å². The van der Waals surface area contributed by atoms with Crippen molar-refractivity contribution in [1.82, 2.24) is 0 Å². The number of benzene rings is 2. The quantitative estimate of drug-likeness (QED) is 0.563. The van der Waals surface area contributed by atoms with Gasteiger partial charge in [-0.1, -0.05) is 6.07 Å². The van der Waals surface area contributed by atoms with Gasteiger partial charge in [0.25, 0.3) is 0 Å². The molecule has 5 heteroatoms. The zero-order valence-electron chi connectivity index (χ0n) is 12.3. The SMILES string of the molecule is O=c1cc(-c2ccc(OCCCCl)cc2)oc2cccc(O)c12. The van der Waals surface area contributed by atoms with E-state index in [4.69, 9.17) is 20.8 Å². The fourth-order valence-electron chi connectivity index (χ4n) is 2.29.